The summed E-state index contributed by atoms with van der Waals surface area (Å²) in [6.07, 6.45) is 1.14. The fourth-order valence-electron chi connectivity index (χ4n) is 1.65. The molecule has 0 heterocycles. The smallest absolute Gasteiger partial charge is 0.00189 e. The van der Waals surface area contributed by atoms with E-state index < -0.39 is 0 Å². The van der Waals surface area contributed by atoms with Crippen molar-refractivity contribution in [3.63, 3.8) is 0 Å². The summed E-state index contributed by atoms with van der Waals surface area (Å²) in [4.78, 5) is 2.38. The average molecular weight is 223 g/mol. The van der Waals surface area contributed by atoms with Gasteiger partial charge in [0.25, 0.3) is 0 Å². The zero-order chi connectivity index (χ0) is 11.1. The van der Waals surface area contributed by atoms with Gasteiger partial charge in [0, 0.05) is 13.1 Å². The van der Waals surface area contributed by atoms with Crippen molar-refractivity contribution in [3.8, 4) is 0 Å². The van der Waals surface area contributed by atoms with Crippen molar-refractivity contribution in [1.29, 1.82) is 0 Å². The first-order valence-corrected chi connectivity index (χ1v) is 6.19. The van der Waals surface area contributed by atoms with Gasteiger partial charge in [0.15, 0.2) is 0 Å². The Morgan fingerprint density at radius 3 is 2.53 bits per heavy atom. The molecule has 1 atom stereocenters. The van der Waals surface area contributed by atoms with Crippen LogP contribution >= 0.6 is 12.6 Å². The molecule has 2 heteroatoms. The van der Waals surface area contributed by atoms with Crippen LogP contribution in [0.15, 0.2) is 30.3 Å². The van der Waals surface area contributed by atoms with Gasteiger partial charge >= 0.3 is 0 Å². The molecule has 0 saturated carbocycles. The highest BCUT2D eigenvalue weighted by Gasteiger charge is 2.04. The largest absolute Gasteiger partial charge is 0.306 e. The summed E-state index contributed by atoms with van der Waals surface area (Å²) in [6, 6.07) is 10.7. The number of likely N-dealkylation sites (N-methyl/N-ethyl adjacent to an activating group) is 1. The molecule has 0 spiro atoms. The van der Waals surface area contributed by atoms with Gasteiger partial charge in [-0.3, -0.25) is 0 Å². The van der Waals surface area contributed by atoms with Crippen LogP contribution in [0.3, 0.4) is 0 Å². The number of rotatable bonds is 6. The molecular weight excluding hydrogens is 202 g/mol. The highest BCUT2D eigenvalue weighted by Crippen LogP contribution is 2.03. The Morgan fingerprint density at radius 1 is 1.27 bits per heavy atom. The van der Waals surface area contributed by atoms with E-state index in [0.717, 1.165) is 25.3 Å². The van der Waals surface area contributed by atoms with Crippen molar-refractivity contribution in [3.05, 3.63) is 35.9 Å². The monoisotopic (exact) mass is 223 g/mol. The van der Waals surface area contributed by atoms with Crippen LogP contribution < -0.4 is 0 Å². The first kappa shape index (κ1) is 12.6. The zero-order valence-corrected chi connectivity index (χ0v) is 10.6. The van der Waals surface area contributed by atoms with Gasteiger partial charge < -0.3 is 4.90 Å². The molecule has 0 saturated heterocycles. The van der Waals surface area contributed by atoms with Crippen LogP contribution in [0.25, 0.3) is 0 Å². The third kappa shape index (κ3) is 5.24. The van der Waals surface area contributed by atoms with Gasteiger partial charge in [0.05, 0.1) is 0 Å². The number of thiol groups is 1. The van der Waals surface area contributed by atoms with E-state index in [1.54, 1.807) is 0 Å². The van der Waals surface area contributed by atoms with Crippen molar-refractivity contribution in [2.75, 3.05) is 25.9 Å². The number of hydrogen-bond acceptors (Lipinski definition) is 2. The van der Waals surface area contributed by atoms with E-state index in [9.17, 15) is 0 Å². The number of hydrogen-bond donors (Lipinski definition) is 1. The van der Waals surface area contributed by atoms with Crippen LogP contribution in [0.2, 0.25) is 0 Å². The van der Waals surface area contributed by atoms with Crippen LogP contribution in [0.5, 0.6) is 0 Å². The van der Waals surface area contributed by atoms with Crippen LogP contribution in [0.1, 0.15) is 12.5 Å². The summed E-state index contributed by atoms with van der Waals surface area (Å²) >= 11 is 4.30. The molecule has 0 N–H and O–H groups in total. The van der Waals surface area contributed by atoms with Gasteiger partial charge in [-0.05, 0) is 30.7 Å². The van der Waals surface area contributed by atoms with E-state index >= 15 is 0 Å². The third-order valence-electron chi connectivity index (χ3n) is 2.56. The molecule has 0 aromatic heterocycles. The summed E-state index contributed by atoms with van der Waals surface area (Å²) in [5, 5.41) is 0. The highest BCUT2D eigenvalue weighted by atomic mass is 32.1. The molecule has 0 bridgehead atoms. The van der Waals surface area contributed by atoms with E-state index in [-0.39, 0.29) is 0 Å². The van der Waals surface area contributed by atoms with Crippen molar-refractivity contribution in [2.24, 2.45) is 5.92 Å². The molecule has 15 heavy (non-hydrogen) atoms. The second-order valence-corrected chi connectivity index (χ2v) is 4.65. The maximum Gasteiger partial charge on any atom is 0.00189 e. The van der Waals surface area contributed by atoms with Gasteiger partial charge in [0.2, 0.25) is 0 Å². The fourth-order valence-corrected chi connectivity index (χ4v) is 1.76. The first-order chi connectivity index (χ1) is 7.22. The highest BCUT2D eigenvalue weighted by molar-refractivity contribution is 7.80. The van der Waals surface area contributed by atoms with Crippen molar-refractivity contribution < 1.29 is 0 Å². The fraction of sp³-hybridized carbons (Fsp3) is 0.538. The zero-order valence-electron chi connectivity index (χ0n) is 9.69. The molecule has 0 aliphatic heterocycles. The van der Waals surface area contributed by atoms with Gasteiger partial charge in [0.1, 0.15) is 0 Å². The van der Waals surface area contributed by atoms with E-state index in [2.05, 4.69) is 61.8 Å². The molecule has 0 aliphatic carbocycles. The molecule has 84 valence electrons. The SMILES string of the molecule is CC(CS)CN(C)CCc1ccccc1. The van der Waals surface area contributed by atoms with Gasteiger partial charge in [-0.2, -0.15) is 12.6 Å². The summed E-state index contributed by atoms with van der Waals surface area (Å²) in [5.41, 5.74) is 1.42. The van der Waals surface area contributed by atoms with Crippen LogP contribution in [0.4, 0.5) is 0 Å². The van der Waals surface area contributed by atoms with E-state index in [0.29, 0.717) is 5.92 Å². The Morgan fingerprint density at radius 2 is 1.93 bits per heavy atom. The summed E-state index contributed by atoms with van der Waals surface area (Å²) in [6.45, 7) is 4.50. The standard InChI is InChI=1S/C13H21NS/c1-12(11-15)10-14(2)9-8-13-6-4-3-5-7-13/h3-7,12,15H,8-11H2,1-2H3. The lowest BCUT2D eigenvalue weighted by molar-refractivity contribution is 0.301. The van der Waals surface area contributed by atoms with E-state index in [4.69, 9.17) is 0 Å². The lowest BCUT2D eigenvalue weighted by atomic mass is 10.1. The summed E-state index contributed by atoms with van der Waals surface area (Å²) < 4.78 is 0. The van der Waals surface area contributed by atoms with Gasteiger partial charge in [-0.1, -0.05) is 37.3 Å². The lowest BCUT2D eigenvalue weighted by Crippen LogP contribution is -2.27. The number of nitrogens with zero attached hydrogens (tertiary/aromatic N) is 1. The molecule has 0 amide bonds. The van der Waals surface area contributed by atoms with Gasteiger partial charge in [-0.15, -0.1) is 0 Å². The Bertz CT molecular complexity index is 260. The molecule has 1 nitrogen and oxygen atoms in total. The second-order valence-electron chi connectivity index (χ2n) is 4.29. The number of benzene rings is 1. The molecule has 0 aliphatic rings. The van der Waals surface area contributed by atoms with E-state index in [1.807, 2.05) is 0 Å². The minimum atomic E-state index is 0.675. The predicted molar refractivity (Wildman–Crippen MR) is 70.7 cm³/mol. The summed E-state index contributed by atoms with van der Waals surface area (Å²) in [7, 11) is 2.18. The van der Waals surface area contributed by atoms with Crippen molar-refractivity contribution in [1.82, 2.24) is 4.90 Å². The molecule has 1 rings (SSSR count). The molecule has 0 radical (unpaired) electrons. The Hall–Kier alpha value is -0.470. The molecular formula is C13H21NS. The molecule has 1 aromatic rings. The van der Waals surface area contributed by atoms with Gasteiger partial charge in [-0.25, -0.2) is 0 Å². The predicted octanol–water partition coefficient (Wildman–Crippen LogP) is 2.73. The quantitative estimate of drug-likeness (QED) is 0.726. The van der Waals surface area contributed by atoms with Crippen LogP contribution in [0, 0.1) is 5.92 Å². The lowest BCUT2D eigenvalue weighted by Gasteiger charge is -2.20. The topological polar surface area (TPSA) is 3.24 Å². The van der Waals surface area contributed by atoms with Crippen LogP contribution in [-0.4, -0.2) is 30.8 Å². The maximum absolute atomic E-state index is 4.30. The minimum absolute atomic E-state index is 0.675. The molecule has 1 unspecified atom stereocenters. The average Bonchev–Trinajstić information content (AvgIpc) is 2.27. The Labute approximate surface area is 98.9 Å². The van der Waals surface area contributed by atoms with Crippen LogP contribution in [-0.2, 0) is 6.42 Å². The van der Waals surface area contributed by atoms with E-state index in [1.165, 1.54) is 5.56 Å². The third-order valence-corrected chi connectivity index (χ3v) is 3.18. The second kappa shape index (κ2) is 6.91. The minimum Gasteiger partial charge on any atom is -0.306 e. The Balaban J connectivity index is 2.25. The Kier molecular flexibility index (Phi) is 5.81. The normalized spacial score (nSPS) is 13.1. The maximum atomic E-state index is 4.30. The van der Waals surface area contributed by atoms with Crippen molar-refractivity contribution in [2.45, 2.75) is 13.3 Å². The molecule has 1 aromatic carbocycles. The summed E-state index contributed by atoms with van der Waals surface area (Å²) in [5.74, 6) is 1.64. The van der Waals surface area contributed by atoms with Crippen molar-refractivity contribution >= 4 is 12.6 Å². The first-order valence-electron chi connectivity index (χ1n) is 5.55. The molecule has 0 fully saturated rings.